The predicted molar refractivity (Wildman–Crippen MR) is 99.0 cm³/mol. The molecule has 0 aliphatic carbocycles. The summed E-state index contributed by atoms with van der Waals surface area (Å²) in [4.78, 5) is 14.5. The zero-order valence-electron chi connectivity index (χ0n) is 16.1. The molecule has 0 bridgehead atoms. The van der Waals surface area contributed by atoms with E-state index in [1.54, 1.807) is 7.11 Å². The van der Waals surface area contributed by atoms with Gasteiger partial charge in [0.1, 0.15) is 11.6 Å². The number of nitrogens with zero attached hydrogens (tertiary/aromatic N) is 4. The lowest BCUT2D eigenvalue weighted by Gasteiger charge is -2.36. The van der Waals surface area contributed by atoms with Gasteiger partial charge in [-0.1, -0.05) is 20.8 Å². The van der Waals surface area contributed by atoms with E-state index in [-0.39, 0.29) is 5.41 Å². The van der Waals surface area contributed by atoms with Crippen LogP contribution >= 0.6 is 0 Å². The summed E-state index contributed by atoms with van der Waals surface area (Å²) in [5.41, 5.74) is 0.894. The Kier molecular flexibility index (Phi) is 5.92. The lowest BCUT2D eigenvalue weighted by molar-refractivity contribution is 0.164. The molecule has 3 rings (SSSR count). The van der Waals surface area contributed by atoms with Gasteiger partial charge in [-0.3, -0.25) is 4.90 Å². The van der Waals surface area contributed by atoms with Gasteiger partial charge in [-0.15, -0.1) is 0 Å². The molecule has 25 heavy (non-hydrogen) atoms. The van der Waals surface area contributed by atoms with Gasteiger partial charge in [0.25, 0.3) is 0 Å². The Labute approximate surface area is 151 Å². The Balaban J connectivity index is 1.66. The summed E-state index contributed by atoms with van der Waals surface area (Å²) in [6.07, 6.45) is 1.21. The summed E-state index contributed by atoms with van der Waals surface area (Å²) in [5, 5.41) is 0. The van der Waals surface area contributed by atoms with Crippen molar-refractivity contribution in [2.75, 3.05) is 57.9 Å². The SMILES string of the molecule is COCc1cc(N2CCN(CC3CCOC3)CC2)nc(C(C)(C)C)n1. The fraction of sp³-hybridized carbons (Fsp3) is 0.789. The Bertz CT molecular complexity index is 559. The molecule has 6 nitrogen and oxygen atoms in total. The topological polar surface area (TPSA) is 50.7 Å². The molecule has 0 saturated carbocycles. The van der Waals surface area contributed by atoms with Gasteiger partial charge in [0.2, 0.25) is 0 Å². The molecule has 0 radical (unpaired) electrons. The molecular formula is C19H32N4O2. The lowest BCUT2D eigenvalue weighted by atomic mass is 9.95. The minimum atomic E-state index is -0.0667. The van der Waals surface area contributed by atoms with E-state index in [1.807, 2.05) is 0 Å². The van der Waals surface area contributed by atoms with Crippen LogP contribution in [0.15, 0.2) is 6.07 Å². The van der Waals surface area contributed by atoms with Crippen molar-refractivity contribution in [3.8, 4) is 0 Å². The van der Waals surface area contributed by atoms with Gasteiger partial charge in [0, 0.05) is 57.9 Å². The molecule has 3 heterocycles. The van der Waals surface area contributed by atoms with Gasteiger partial charge in [-0.05, 0) is 12.3 Å². The van der Waals surface area contributed by atoms with Crippen LogP contribution < -0.4 is 4.90 Å². The summed E-state index contributed by atoms with van der Waals surface area (Å²) in [6.45, 7) is 14.2. The molecule has 6 heteroatoms. The fourth-order valence-corrected chi connectivity index (χ4v) is 3.45. The first-order chi connectivity index (χ1) is 12.0. The molecule has 2 aliphatic heterocycles. The van der Waals surface area contributed by atoms with Crippen molar-refractivity contribution in [1.29, 1.82) is 0 Å². The molecule has 1 atom stereocenters. The van der Waals surface area contributed by atoms with Crippen molar-refractivity contribution in [1.82, 2.24) is 14.9 Å². The minimum absolute atomic E-state index is 0.0667. The average molecular weight is 348 g/mol. The third-order valence-corrected chi connectivity index (χ3v) is 4.97. The Hall–Kier alpha value is -1.24. The van der Waals surface area contributed by atoms with E-state index in [4.69, 9.17) is 14.5 Å². The van der Waals surface area contributed by atoms with E-state index in [0.29, 0.717) is 12.5 Å². The zero-order valence-corrected chi connectivity index (χ0v) is 16.1. The van der Waals surface area contributed by atoms with Gasteiger partial charge in [0.05, 0.1) is 18.9 Å². The number of hydrogen-bond donors (Lipinski definition) is 0. The summed E-state index contributed by atoms with van der Waals surface area (Å²) >= 11 is 0. The van der Waals surface area contributed by atoms with Crippen molar-refractivity contribution in [3.05, 3.63) is 17.6 Å². The largest absolute Gasteiger partial charge is 0.381 e. The number of ether oxygens (including phenoxy) is 2. The smallest absolute Gasteiger partial charge is 0.136 e. The van der Waals surface area contributed by atoms with Gasteiger partial charge in [-0.25, -0.2) is 9.97 Å². The number of rotatable bonds is 5. The summed E-state index contributed by atoms with van der Waals surface area (Å²) < 4.78 is 10.8. The first kappa shape index (κ1) is 18.5. The maximum atomic E-state index is 5.50. The highest BCUT2D eigenvalue weighted by Gasteiger charge is 2.25. The van der Waals surface area contributed by atoms with Crippen molar-refractivity contribution in [3.63, 3.8) is 0 Å². The number of methoxy groups -OCH3 is 1. The van der Waals surface area contributed by atoms with E-state index in [1.165, 1.54) is 13.0 Å². The van der Waals surface area contributed by atoms with Crippen LogP contribution in [0.1, 0.15) is 38.7 Å². The monoisotopic (exact) mass is 348 g/mol. The van der Waals surface area contributed by atoms with Crippen LogP contribution in [0.2, 0.25) is 0 Å². The maximum Gasteiger partial charge on any atom is 0.136 e. The van der Waals surface area contributed by atoms with Crippen LogP contribution in [0.5, 0.6) is 0 Å². The Morgan fingerprint density at radius 1 is 1.20 bits per heavy atom. The summed E-state index contributed by atoms with van der Waals surface area (Å²) in [7, 11) is 1.71. The second-order valence-electron chi connectivity index (χ2n) is 8.24. The van der Waals surface area contributed by atoms with Gasteiger partial charge >= 0.3 is 0 Å². The molecule has 0 amide bonds. The van der Waals surface area contributed by atoms with E-state index >= 15 is 0 Å². The summed E-state index contributed by atoms with van der Waals surface area (Å²) in [6, 6.07) is 2.08. The molecule has 2 fully saturated rings. The average Bonchev–Trinajstić information content (AvgIpc) is 3.08. The van der Waals surface area contributed by atoms with Crippen LogP contribution in [-0.4, -0.2) is 67.9 Å². The lowest BCUT2D eigenvalue weighted by Crippen LogP contribution is -2.48. The summed E-state index contributed by atoms with van der Waals surface area (Å²) in [5.74, 6) is 2.64. The Morgan fingerprint density at radius 2 is 1.96 bits per heavy atom. The van der Waals surface area contributed by atoms with E-state index in [2.05, 4.69) is 41.6 Å². The zero-order chi connectivity index (χ0) is 17.9. The molecule has 1 unspecified atom stereocenters. The van der Waals surface area contributed by atoms with Crippen molar-refractivity contribution >= 4 is 5.82 Å². The molecule has 0 N–H and O–H groups in total. The molecule has 1 aromatic rings. The van der Waals surface area contributed by atoms with Crippen LogP contribution in [0.4, 0.5) is 5.82 Å². The molecule has 140 valence electrons. The normalized spacial score (nSPS) is 22.6. The fourth-order valence-electron chi connectivity index (χ4n) is 3.45. The van der Waals surface area contributed by atoms with Crippen molar-refractivity contribution < 1.29 is 9.47 Å². The second-order valence-corrected chi connectivity index (χ2v) is 8.24. The van der Waals surface area contributed by atoms with E-state index < -0.39 is 0 Å². The highest BCUT2D eigenvalue weighted by atomic mass is 16.5. The Morgan fingerprint density at radius 3 is 2.56 bits per heavy atom. The van der Waals surface area contributed by atoms with Crippen LogP contribution in [-0.2, 0) is 21.5 Å². The number of anilines is 1. The number of piperazine rings is 1. The molecule has 0 spiro atoms. The number of hydrogen-bond acceptors (Lipinski definition) is 6. The third kappa shape index (κ3) is 4.90. The second kappa shape index (κ2) is 7.98. The molecule has 1 aromatic heterocycles. The van der Waals surface area contributed by atoms with Crippen LogP contribution in [0.25, 0.3) is 0 Å². The molecular weight excluding hydrogens is 316 g/mol. The van der Waals surface area contributed by atoms with Crippen molar-refractivity contribution in [2.45, 2.75) is 39.2 Å². The predicted octanol–water partition coefficient (Wildman–Crippen LogP) is 2.08. The van der Waals surface area contributed by atoms with Crippen LogP contribution in [0, 0.1) is 5.92 Å². The third-order valence-electron chi connectivity index (χ3n) is 4.97. The van der Waals surface area contributed by atoms with E-state index in [0.717, 1.165) is 56.7 Å². The minimum Gasteiger partial charge on any atom is -0.381 e. The van der Waals surface area contributed by atoms with Gasteiger partial charge < -0.3 is 14.4 Å². The quantitative estimate of drug-likeness (QED) is 0.812. The first-order valence-electron chi connectivity index (χ1n) is 9.38. The van der Waals surface area contributed by atoms with Gasteiger partial charge in [0.15, 0.2) is 0 Å². The van der Waals surface area contributed by atoms with Crippen LogP contribution in [0.3, 0.4) is 0 Å². The molecule has 2 aliphatic rings. The highest BCUT2D eigenvalue weighted by molar-refractivity contribution is 5.41. The standard InChI is InChI=1S/C19H32N4O2/c1-19(2,3)18-20-16(14-24-4)11-17(21-18)23-8-6-22(7-9-23)12-15-5-10-25-13-15/h11,15H,5-10,12-14H2,1-4H3. The maximum absolute atomic E-state index is 5.50. The molecule has 2 saturated heterocycles. The number of aromatic nitrogens is 2. The van der Waals surface area contributed by atoms with E-state index in [9.17, 15) is 0 Å². The first-order valence-corrected chi connectivity index (χ1v) is 9.38. The van der Waals surface area contributed by atoms with Gasteiger partial charge in [-0.2, -0.15) is 0 Å². The molecule has 0 aromatic carbocycles. The highest BCUT2D eigenvalue weighted by Crippen LogP contribution is 2.24. The van der Waals surface area contributed by atoms with Crippen molar-refractivity contribution in [2.24, 2.45) is 5.92 Å².